The SMILES string of the molecule is C=C1C2CCC3(C4C[C@@H]5[C@@]6(C)CCC[C@]5(C3[C@H]2O)[C@@H]4N(CC)C6)[C@@H]1O. The van der Waals surface area contributed by atoms with Gasteiger partial charge in [0.15, 0.2) is 0 Å². The Kier molecular flexibility index (Phi) is 2.73. The molecule has 2 spiro atoms. The molecule has 1 heterocycles. The molecule has 3 nitrogen and oxygen atoms in total. The van der Waals surface area contributed by atoms with Crippen LogP contribution in [0.3, 0.4) is 0 Å². The number of likely N-dealkylation sites (tertiary alicyclic amines) is 1. The van der Waals surface area contributed by atoms with E-state index in [0.29, 0.717) is 23.3 Å². The van der Waals surface area contributed by atoms with Crippen LogP contribution in [0.4, 0.5) is 0 Å². The third-order valence-electron chi connectivity index (χ3n) is 10.5. The molecule has 3 heteroatoms. The van der Waals surface area contributed by atoms with Gasteiger partial charge in [0.25, 0.3) is 0 Å². The Balaban J connectivity index is 1.60. The summed E-state index contributed by atoms with van der Waals surface area (Å²) < 4.78 is 0. The number of rotatable bonds is 1. The Hall–Kier alpha value is -0.380. The van der Waals surface area contributed by atoms with Crippen molar-refractivity contribution in [2.75, 3.05) is 13.1 Å². The molecule has 7 bridgehead atoms. The van der Waals surface area contributed by atoms with Gasteiger partial charge in [0, 0.05) is 29.8 Å². The number of aliphatic hydroxyl groups is 2. The minimum Gasteiger partial charge on any atom is -0.392 e. The van der Waals surface area contributed by atoms with Crippen LogP contribution in [0.2, 0.25) is 0 Å². The molecule has 1 aliphatic heterocycles. The highest BCUT2D eigenvalue weighted by Crippen LogP contribution is 2.83. The molecule has 4 unspecified atom stereocenters. The minimum atomic E-state index is -0.377. The van der Waals surface area contributed by atoms with Gasteiger partial charge in [0.05, 0.1) is 12.2 Å². The van der Waals surface area contributed by atoms with Crippen molar-refractivity contribution < 1.29 is 10.2 Å². The zero-order chi connectivity index (χ0) is 17.4. The maximum atomic E-state index is 11.5. The minimum absolute atomic E-state index is 0.0809. The van der Waals surface area contributed by atoms with Gasteiger partial charge < -0.3 is 10.2 Å². The Labute approximate surface area is 151 Å². The van der Waals surface area contributed by atoms with Crippen molar-refractivity contribution in [2.45, 2.75) is 70.6 Å². The molecule has 7 fully saturated rings. The lowest BCUT2D eigenvalue weighted by Crippen LogP contribution is -2.69. The average Bonchev–Trinajstić information content (AvgIpc) is 2.99. The zero-order valence-electron chi connectivity index (χ0n) is 15.7. The summed E-state index contributed by atoms with van der Waals surface area (Å²) in [7, 11) is 0. The number of nitrogens with zero attached hydrogens (tertiary/aromatic N) is 1. The highest BCUT2D eigenvalue weighted by atomic mass is 16.3. The molecule has 10 atom stereocenters. The molecule has 2 N–H and O–H groups in total. The van der Waals surface area contributed by atoms with E-state index in [1.807, 2.05) is 0 Å². The number of fused-ring (bicyclic) bond motifs is 2. The van der Waals surface area contributed by atoms with Gasteiger partial charge in [-0.25, -0.2) is 0 Å². The monoisotopic (exact) mass is 343 g/mol. The molecule has 7 rings (SSSR count). The van der Waals surface area contributed by atoms with E-state index in [9.17, 15) is 10.2 Å². The van der Waals surface area contributed by atoms with Gasteiger partial charge in [-0.2, -0.15) is 0 Å². The van der Waals surface area contributed by atoms with E-state index < -0.39 is 0 Å². The summed E-state index contributed by atoms with van der Waals surface area (Å²) in [5, 5.41) is 22.9. The molecule has 138 valence electrons. The van der Waals surface area contributed by atoms with E-state index in [1.54, 1.807) is 0 Å². The van der Waals surface area contributed by atoms with Crippen LogP contribution in [0.5, 0.6) is 0 Å². The summed E-state index contributed by atoms with van der Waals surface area (Å²) in [6.07, 6.45) is 6.75. The lowest BCUT2D eigenvalue weighted by atomic mass is 9.39. The van der Waals surface area contributed by atoms with Gasteiger partial charge >= 0.3 is 0 Å². The van der Waals surface area contributed by atoms with Crippen molar-refractivity contribution in [1.82, 2.24) is 4.90 Å². The molecule has 6 saturated carbocycles. The predicted molar refractivity (Wildman–Crippen MR) is 96.8 cm³/mol. The van der Waals surface area contributed by atoms with Crippen LogP contribution >= 0.6 is 0 Å². The van der Waals surface area contributed by atoms with Crippen molar-refractivity contribution in [3.8, 4) is 0 Å². The van der Waals surface area contributed by atoms with Gasteiger partial charge in [-0.3, -0.25) is 4.90 Å². The first-order valence-electron chi connectivity index (χ1n) is 10.7. The van der Waals surface area contributed by atoms with E-state index in [-0.39, 0.29) is 29.0 Å². The van der Waals surface area contributed by atoms with Crippen LogP contribution in [0.25, 0.3) is 0 Å². The summed E-state index contributed by atoms with van der Waals surface area (Å²) in [6.45, 7) is 11.5. The van der Waals surface area contributed by atoms with Crippen LogP contribution in [0.15, 0.2) is 12.2 Å². The molecule has 1 saturated heterocycles. The summed E-state index contributed by atoms with van der Waals surface area (Å²) in [5.41, 5.74) is 1.54. The Bertz CT molecular complexity index is 662. The largest absolute Gasteiger partial charge is 0.392 e. The highest BCUT2D eigenvalue weighted by Gasteiger charge is 2.84. The maximum Gasteiger partial charge on any atom is 0.0814 e. The van der Waals surface area contributed by atoms with Gasteiger partial charge in [0.1, 0.15) is 0 Å². The van der Waals surface area contributed by atoms with Crippen molar-refractivity contribution in [3.05, 3.63) is 12.2 Å². The van der Waals surface area contributed by atoms with Crippen LogP contribution < -0.4 is 0 Å². The maximum absolute atomic E-state index is 11.5. The van der Waals surface area contributed by atoms with E-state index in [0.717, 1.165) is 30.9 Å². The standard InChI is InChI=1S/C22H33NO2/c1-4-23-11-20(3)7-5-8-22-15(20)10-14(18(22)23)21-9-6-13(12(2)19(21)25)16(24)17(21)22/h13-19,24-25H,2,4-11H2,1,3H3/t13?,14?,15-,16+,17?,18-,19-,20+,21?,22+/m1/s1. The Morgan fingerprint density at radius 2 is 2.00 bits per heavy atom. The van der Waals surface area contributed by atoms with Gasteiger partial charge in [0.2, 0.25) is 0 Å². The molecular weight excluding hydrogens is 310 g/mol. The summed E-state index contributed by atoms with van der Waals surface area (Å²) in [4.78, 5) is 2.77. The fourth-order valence-corrected chi connectivity index (χ4v) is 10.1. The molecule has 6 aliphatic carbocycles. The first-order chi connectivity index (χ1) is 11.9. The normalized spacial score (nSPS) is 64.6. The average molecular weight is 344 g/mol. The van der Waals surface area contributed by atoms with Crippen LogP contribution in [0.1, 0.15) is 52.4 Å². The third-order valence-corrected chi connectivity index (χ3v) is 10.5. The zero-order valence-corrected chi connectivity index (χ0v) is 15.7. The number of piperidine rings is 1. The predicted octanol–water partition coefficient (Wildman–Crippen LogP) is 2.82. The fraction of sp³-hybridized carbons (Fsp3) is 0.909. The highest BCUT2D eigenvalue weighted by molar-refractivity contribution is 5.38. The van der Waals surface area contributed by atoms with E-state index >= 15 is 0 Å². The first kappa shape index (κ1) is 15.7. The first-order valence-corrected chi connectivity index (χ1v) is 10.7. The molecule has 25 heavy (non-hydrogen) atoms. The lowest BCUT2D eigenvalue weighted by molar-refractivity contribution is -0.227. The van der Waals surface area contributed by atoms with Gasteiger partial charge in [-0.15, -0.1) is 0 Å². The molecule has 0 aromatic carbocycles. The molecule has 0 aromatic rings. The molecule has 0 radical (unpaired) electrons. The Morgan fingerprint density at radius 3 is 2.76 bits per heavy atom. The number of aliphatic hydroxyl groups excluding tert-OH is 2. The second-order valence-corrected chi connectivity index (χ2v) is 10.7. The third kappa shape index (κ3) is 1.34. The van der Waals surface area contributed by atoms with Crippen LogP contribution in [-0.4, -0.2) is 46.5 Å². The van der Waals surface area contributed by atoms with Crippen molar-refractivity contribution in [3.63, 3.8) is 0 Å². The van der Waals surface area contributed by atoms with Gasteiger partial charge in [-0.05, 0) is 66.9 Å². The molecule has 7 aliphatic rings. The van der Waals surface area contributed by atoms with E-state index in [4.69, 9.17) is 0 Å². The summed E-state index contributed by atoms with van der Waals surface area (Å²) in [5.74, 6) is 1.77. The smallest absolute Gasteiger partial charge is 0.0814 e. The van der Waals surface area contributed by atoms with Crippen molar-refractivity contribution >= 4 is 0 Å². The second kappa shape index (κ2) is 4.36. The van der Waals surface area contributed by atoms with Crippen molar-refractivity contribution in [2.24, 2.45) is 39.9 Å². The molecule has 0 amide bonds. The summed E-state index contributed by atoms with van der Waals surface area (Å²) in [6, 6.07) is 0.592. The van der Waals surface area contributed by atoms with E-state index in [2.05, 4.69) is 25.3 Å². The molecular formula is C22H33NO2. The fourth-order valence-electron chi connectivity index (χ4n) is 10.1. The lowest BCUT2D eigenvalue weighted by Gasteiger charge is -2.68. The number of hydrogen-bond donors (Lipinski definition) is 2. The molecule has 0 aromatic heterocycles. The van der Waals surface area contributed by atoms with Crippen LogP contribution in [0, 0.1) is 39.9 Å². The van der Waals surface area contributed by atoms with Gasteiger partial charge in [-0.1, -0.05) is 26.8 Å². The summed E-state index contributed by atoms with van der Waals surface area (Å²) >= 11 is 0. The Morgan fingerprint density at radius 1 is 1.20 bits per heavy atom. The second-order valence-electron chi connectivity index (χ2n) is 10.7. The quantitative estimate of drug-likeness (QED) is 0.720. The van der Waals surface area contributed by atoms with Crippen LogP contribution in [-0.2, 0) is 0 Å². The van der Waals surface area contributed by atoms with Crippen molar-refractivity contribution in [1.29, 1.82) is 0 Å². The topological polar surface area (TPSA) is 43.7 Å². The van der Waals surface area contributed by atoms with E-state index in [1.165, 1.54) is 32.2 Å². The number of hydrogen-bond acceptors (Lipinski definition) is 3.